The first-order valence-electron chi connectivity index (χ1n) is 10.1. The normalized spacial score (nSPS) is 21.6. The lowest BCUT2D eigenvalue weighted by Gasteiger charge is -2.35. The van der Waals surface area contributed by atoms with Crippen LogP contribution in [0.25, 0.3) is 0 Å². The number of carbonyl (C=O) groups is 2. The first-order chi connectivity index (χ1) is 12.1. The monoisotopic (exact) mass is 355 g/mol. The third-order valence-corrected chi connectivity index (χ3v) is 5.43. The van der Waals surface area contributed by atoms with E-state index < -0.39 is 0 Å². The van der Waals surface area contributed by atoms with Crippen molar-refractivity contribution in [2.75, 3.05) is 19.8 Å². The highest BCUT2D eigenvalue weighted by Gasteiger charge is 2.32. The van der Waals surface area contributed by atoms with E-state index in [-0.39, 0.29) is 36.9 Å². The average molecular weight is 356 g/mol. The molecule has 5 nitrogen and oxygen atoms in total. The summed E-state index contributed by atoms with van der Waals surface area (Å²) >= 11 is 0. The maximum atomic E-state index is 13.0. The van der Waals surface area contributed by atoms with E-state index in [0.717, 1.165) is 31.6 Å². The molecule has 0 bridgehead atoms. The van der Waals surface area contributed by atoms with E-state index in [1.54, 1.807) is 11.8 Å². The van der Waals surface area contributed by atoms with Crippen LogP contribution in [-0.2, 0) is 14.3 Å². The number of amides is 1. The molecule has 0 radical (unpaired) electrons. The van der Waals surface area contributed by atoms with Crippen LogP contribution in [0.4, 0.5) is 0 Å². The quantitative estimate of drug-likeness (QED) is 0.576. The van der Waals surface area contributed by atoms with Gasteiger partial charge in [0.1, 0.15) is 0 Å². The van der Waals surface area contributed by atoms with Crippen LogP contribution in [-0.4, -0.2) is 47.7 Å². The van der Waals surface area contributed by atoms with Gasteiger partial charge in [-0.05, 0) is 44.9 Å². The van der Waals surface area contributed by atoms with Crippen LogP contribution in [0, 0.1) is 11.8 Å². The average Bonchev–Trinajstić information content (AvgIpc) is 2.63. The molecule has 0 saturated heterocycles. The van der Waals surface area contributed by atoms with Crippen molar-refractivity contribution in [2.24, 2.45) is 11.8 Å². The van der Waals surface area contributed by atoms with E-state index in [4.69, 9.17) is 4.74 Å². The molecule has 146 valence electrons. The maximum Gasteiger partial charge on any atom is 0.307 e. The lowest BCUT2D eigenvalue weighted by atomic mass is 9.79. The number of aliphatic hydroxyl groups excluding tert-OH is 1. The third kappa shape index (κ3) is 7.35. The van der Waals surface area contributed by atoms with Crippen LogP contribution < -0.4 is 0 Å². The molecule has 25 heavy (non-hydrogen) atoms. The number of unbranched alkanes of at least 4 members (excludes halogenated alkanes) is 1. The van der Waals surface area contributed by atoms with Gasteiger partial charge < -0.3 is 14.7 Å². The Hall–Kier alpha value is -1.10. The summed E-state index contributed by atoms with van der Waals surface area (Å²) in [5.74, 6) is 0.632. The molecule has 5 heteroatoms. The van der Waals surface area contributed by atoms with Gasteiger partial charge in [-0.1, -0.05) is 33.1 Å². The molecular weight excluding hydrogens is 318 g/mol. The number of nitrogens with zero attached hydrogens (tertiary/aromatic N) is 1. The van der Waals surface area contributed by atoms with Crippen LogP contribution in [0.5, 0.6) is 0 Å². The van der Waals surface area contributed by atoms with Crippen LogP contribution >= 0.6 is 0 Å². The number of aliphatic hydroxyl groups is 1. The van der Waals surface area contributed by atoms with Gasteiger partial charge in [0.15, 0.2) is 0 Å². The highest BCUT2D eigenvalue weighted by atomic mass is 16.5. The lowest BCUT2D eigenvalue weighted by Crippen LogP contribution is -2.46. The van der Waals surface area contributed by atoms with Gasteiger partial charge in [0.2, 0.25) is 5.91 Å². The summed E-state index contributed by atoms with van der Waals surface area (Å²) in [6.07, 6.45) is 8.79. The summed E-state index contributed by atoms with van der Waals surface area (Å²) in [7, 11) is 0. The molecule has 0 aromatic carbocycles. The van der Waals surface area contributed by atoms with Gasteiger partial charge in [-0.25, -0.2) is 0 Å². The van der Waals surface area contributed by atoms with E-state index in [1.165, 1.54) is 19.3 Å². The van der Waals surface area contributed by atoms with E-state index in [1.807, 2.05) is 6.92 Å². The summed E-state index contributed by atoms with van der Waals surface area (Å²) < 4.78 is 4.98. The zero-order valence-corrected chi connectivity index (χ0v) is 16.3. The maximum absolute atomic E-state index is 13.0. The predicted octanol–water partition coefficient (Wildman–Crippen LogP) is 3.54. The molecule has 0 aliphatic heterocycles. The van der Waals surface area contributed by atoms with E-state index >= 15 is 0 Å². The molecule has 1 saturated carbocycles. The Bertz CT molecular complexity index is 387. The van der Waals surface area contributed by atoms with Gasteiger partial charge in [0.25, 0.3) is 0 Å². The van der Waals surface area contributed by atoms with Crippen molar-refractivity contribution in [3.63, 3.8) is 0 Å². The van der Waals surface area contributed by atoms with Gasteiger partial charge in [-0.15, -0.1) is 0 Å². The van der Waals surface area contributed by atoms with Crippen LogP contribution in [0.1, 0.15) is 78.6 Å². The molecule has 0 aromatic heterocycles. The number of carbonyl (C=O) groups excluding carboxylic acids is 2. The van der Waals surface area contributed by atoms with Gasteiger partial charge in [0.05, 0.1) is 25.7 Å². The fourth-order valence-electron chi connectivity index (χ4n) is 3.79. The second kappa shape index (κ2) is 12.3. The molecule has 1 fully saturated rings. The Kier molecular flexibility index (Phi) is 10.8. The zero-order valence-electron chi connectivity index (χ0n) is 16.3. The second-order valence-corrected chi connectivity index (χ2v) is 7.19. The highest BCUT2D eigenvalue weighted by Crippen LogP contribution is 2.33. The summed E-state index contributed by atoms with van der Waals surface area (Å²) in [5, 5.41) is 9.64. The lowest BCUT2D eigenvalue weighted by molar-refractivity contribution is -0.146. The smallest absolute Gasteiger partial charge is 0.307 e. The Labute approximate surface area is 153 Å². The number of esters is 1. The molecular formula is C20H37NO4. The summed E-state index contributed by atoms with van der Waals surface area (Å²) in [4.78, 5) is 26.4. The summed E-state index contributed by atoms with van der Waals surface area (Å²) in [6, 6.07) is -0.209. The number of rotatable bonds is 11. The van der Waals surface area contributed by atoms with Gasteiger partial charge in [-0.3, -0.25) is 9.59 Å². The van der Waals surface area contributed by atoms with Crippen molar-refractivity contribution >= 4 is 11.9 Å². The van der Waals surface area contributed by atoms with E-state index in [2.05, 4.69) is 6.92 Å². The second-order valence-electron chi connectivity index (χ2n) is 7.19. The number of hydrogen-bond acceptors (Lipinski definition) is 4. The van der Waals surface area contributed by atoms with E-state index in [9.17, 15) is 14.7 Å². The largest absolute Gasteiger partial charge is 0.466 e. The Morgan fingerprint density at radius 1 is 1.16 bits per heavy atom. The van der Waals surface area contributed by atoms with Gasteiger partial charge in [-0.2, -0.15) is 0 Å². The van der Waals surface area contributed by atoms with Crippen molar-refractivity contribution in [1.29, 1.82) is 0 Å². The van der Waals surface area contributed by atoms with Crippen molar-refractivity contribution in [2.45, 2.75) is 84.6 Å². The minimum Gasteiger partial charge on any atom is -0.466 e. The number of hydrogen-bond donors (Lipinski definition) is 1. The summed E-state index contributed by atoms with van der Waals surface area (Å²) in [5.41, 5.74) is 0. The minimum atomic E-state index is -0.281. The van der Waals surface area contributed by atoms with Crippen molar-refractivity contribution in [3.8, 4) is 0 Å². The van der Waals surface area contributed by atoms with Crippen molar-refractivity contribution in [1.82, 2.24) is 4.90 Å². The van der Waals surface area contributed by atoms with E-state index in [0.29, 0.717) is 19.6 Å². The fraction of sp³-hybridized carbons (Fsp3) is 0.900. The molecule has 1 rings (SSSR count). The first kappa shape index (κ1) is 21.9. The molecule has 0 aromatic rings. The van der Waals surface area contributed by atoms with Gasteiger partial charge in [0, 0.05) is 12.5 Å². The Morgan fingerprint density at radius 3 is 2.36 bits per heavy atom. The molecule has 0 spiro atoms. The molecule has 1 atom stereocenters. The van der Waals surface area contributed by atoms with Crippen LogP contribution in [0.3, 0.4) is 0 Å². The Morgan fingerprint density at radius 2 is 1.84 bits per heavy atom. The number of ether oxygens (including phenoxy) is 1. The molecule has 1 N–H and O–H groups in total. The molecule has 1 aliphatic carbocycles. The molecule has 1 aliphatic rings. The fourth-order valence-corrected chi connectivity index (χ4v) is 3.79. The van der Waals surface area contributed by atoms with Crippen molar-refractivity contribution in [3.05, 3.63) is 0 Å². The zero-order chi connectivity index (χ0) is 18.7. The van der Waals surface area contributed by atoms with Crippen LogP contribution in [0.15, 0.2) is 0 Å². The first-order valence-corrected chi connectivity index (χ1v) is 10.1. The molecule has 1 unspecified atom stereocenters. The van der Waals surface area contributed by atoms with Gasteiger partial charge >= 0.3 is 5.97 Å². The topological polar surface area (TPSA) is 66.8 Å². The SMILES string of the molecule is CCCCC1CCC(C(=O)N(CCC(=O)OCC)C(CC)CO)CC1. The highest BCUT2D eigenvalue weighted by molar-refractivity contribution is 5.80. The van der Waals surface area contributed by atoms with Crippen molar-refractivity contribution < 1.29 is 19.4 Å². The minimum absolute atomic E-state index is 0.0423. The predicted molar refractivity (Wildman–Crippen MR) is 99.1 cm³/mol. The summed E-state index contributed by atoms with van der Waals surface area (Å²) in [6.45, 7) is 6.60. The molecule has 0 heterocycles. The Balaban J connectivity index is 2.61. The standard InChI is InChI=1S/C20H37NO4/c1-4-7-8-16-9-11-17(12-10-16)20(24)21(18(5-2)15-22)14-13-19(23)25-6-3/h16-18,22H,4-15H2,1-3H3. The third-order valence-electron chi connectivity index (χ3n) is 5.43. The molecule has 1 amide bonds. The van der Waals surface area contributed by atoms with Crippen LogP contribution in [0.2, 0.25) is 0 Å².